The molecule has 0 aliphatic heterocycles. The summed E-state index contributed by atoms with van der Waals surface area (Å²) in [6.07, 6.45) is 0. The second-order valence-corrected chi connectivity index (χ2v) is 2.15. The van der Waals surface area contributed by atoms with Gasteiger partial charge in [0.05, 0.1) is 5.69 Å². The lowest BCUT2D eigenvalue weighted by molar-refractivity contribution is 0.311. The molecule has 0 bridgehead atoms. The average molecular weight is 153 g/mol. The fourth-order valence-corrected chi connectivity index (χ4v) is 0.627. The summed E-state index contributed by atoms with van der Waals surface area (Å²) in [5.74, 6) is 0.529. The highest BCUT2D eigenvalue weighted by atomic mass is 16.5. The lowest BCUT2D eigenvalue weighted by atomic mass is 10.4. The van der Waals surface area contributed by atoms with Crippen LogP contribution in [0.1, 0.15) is 5.69 Å². The summed E-state index contributed by atoms with van der Waals surface area (Å²) in [4.78, 5) is 0. The molecule has 4 nitrogen and oxygen atoms in total. The zero-order chi connectivity index (χ0) is 8.10. The van der Waals surface area contributed by atoms with E-state index in [0.29, 0.717) is 19.0 Å². The van der Waals surface area contributed by atoms with Gasteiger partial charge < -0.3 is 10.5 Å². The summed E-state index contributed by atoms with van der Waals surface area (Å²) in [5.41, 5.74) is 6.11. The molecule has 1 aromatic heterocycles. The first kappa shape index (κ1) is 7.94. The van der Waals surface area contributed by atoms with Crippen LogP contribution in [0.5, 0.6) is 5.88 Å². The number of ether oxygens (including phenoxy) is 1. The lowest BCUT2D eigenvalue weighted by Crippen LogP contribution is -2.11. The molecule has 0 unspecified atom stereocenters. The summed E-state index contributed by atoms with van der Waals surface area (Å²) in [5, 5.41) is 7.60. The minimum Gasteiger partial charge on any atom is -0.475 e. The van der Waals surface area contributed by atoms with Gasteiger partial charge in [0.15, 0.2) is 0 Å². The fraction of sp³-hybridized carbons (Fsp3) is 0.429. The molecule has 1 heterocycles. The molecule has 60 valence electrons. The molecule has 1 rings (SSSR count). The van der Waals surface area contributed by atoms with Gasteiger partial charge in [0.25, 0.3) is 0 Å². The minimum atomic E-state index is 0.484. The molecule has 0 aliphatic carbocycles. The number of nitrogens with zero attached hydrogens (tertiary/aromatic N) is 2. The Hall–Kier alpha value is -1.16. The van der Waals surface area contributed by atoms with Crippen molar-refractivity contribution in [3.8, 4) is 5.88 Å². The number of nitrogens with two attached hydrogens (primary N) is 1. The standard InChI is InChI=1S/C7H11N3O/c1-6-2-3-7(10-9-6)11-5-4-8/h2-3H,4-5,8H2,1H3. The van der Waals surface area contributed by atoms with E-state index in [-0.39, 0.29) is 0 Å². The Morgan fingerprint density at radius 3 is 2.82 bits per heavy atom. The molecule has 11 heavy (non-hydrogen) atoms. The minimum absolute atomic E-state index is 0.484. The molecule has 0 radical (unpaired) electrons. The van der Waals surface area contributed by atoms with Crippen molar-refractivity contribution in [1.29, 1.82) is 0 Å². The van der Waals surface area contributed by atoms with Gasteiger partial charge in [-0.1, -0.05) is 0 Å². The molecular formula is C7H11N3O. The van der Waals surface area contributed by atoms with Crippen LogP contribution in [0.15, 0.2) is 12.1 Å². The molecule has 4 heteroatoms. The lowest BCUT2D eigenvalue weighted by Gasteiger charge is -2.00. The summed E-state index contributed by atoms with van der Waals surface area (Å²) in [7, 11) is 0. The quantitative estimate of drug-likeness (QED) is 0.670. The smallest absolute Gasteiger partial charge is 0.233 e. The maximum Gasteiger partial charge on any atom is 0.233 e. The first-order valence-electron chi connectivity index (χ1n) is 3.46. The molecule has 0 aromatic carbocycles. The van der Waals surface area contributed by atoms with E-state index in [4.69, 9.17) is 10.5 Å². The highest BCUT2D eigenvalue weighted by Gasteiger charge is 1.92. The monoisotopic (exact) mass is 153 g/mol. The maximum atomic E-state index is 5.23. The van der Waals surface area contributed by atoms with Gasteiger partial charge in [0.2, 0.25) is 5.88 Å². The van der Waals surface area contributed by atoms with Crippen molar-refractivity contribution in [2.75, 3.05) is 13.2 Å². The maximum absolute atomic E-state index is 5.23. The van der Waals surface area contributed by atoms with Crippen molar-refractivity contribution in [2.24, 2.45) is 5.73 Å². The molecule has 1 aromatic rings. The zero-order valence-electron chi connectivity index (χ0n) is 6.45. The van der Waals surface area contributed by atoms with E-state index in [2.05, 4.69) is 10.2 Å². The largest absolute Gasteiger partial charge is 0.475 e. The van der Waals surface area contributed by atoms with E-state index in [9.17, 15) is 0 Å². The van der Waals surface area contributed by atoms with Crippen molar-refractivity contribution in [2.45, 2.75) is 6.92 Å². The Bertz CT molecular complexity index is 209. The Morgan fingerprint density at radius 2 is 2.27 bits per heavy atom. The third-order valence-corrected chi connectivity index (χ3v) is 1.14. The summed E-state index contributed by atoms with van der Waals surface area (Å²) >= 11 is 0. The van der Waals surface area contributed by atoms with Gasteiger partial charge in [-0.2, -0.15) is 5.10 Å². The van der Waals surface area contributed by atoms with Crippen LogP contribution >= 0.6 is 0 Å². The predicted molar refractivity (Wildman–Crippen MR) is 41.3 cm³/mol. The summed E-state index contributed by atoms with van der Waals surface area (Å²) in [6, 6.07) is 3.62. The molecule has 0 atom stereocenters. The molecule has 0 spiro atoms. The zero-order valence-corrected chi connectivity index (χ0v) is 6.45. The van der Waals surface area contributed by atoms with Crippen molar-refractivity contribution in [3.05, 3.63) is 17.8 Å². The van der Waals surface area contributed by atoms with Crippen LogP contribution < -0.4 is 10.5 Å². The molecule has 0 fully saturated rings. The van der Waals surface area contributed by atoms with Gasteiger partial charge in [0, 0.05) is 12.6 Å². The molecule has 0 saturated carbocycles. The van der Waals surface area contributed by atoms with Crippen LogP contribution in [-0.4, -0.2) is 23.3 Å². The van der Waals surface area contributed by atoms with Crippen LogP contribution in [0, 0.1) is 6.92 Å². The first-order valence-corrected chi connectivity index (χ1v) is 3.46. The molecule has 0 aliphatic rings. The Balaban J connectivity index is 2.52. The highest BCUT2D eigenvalue weighted by molar-refractivity contribution is 5.09. The molecular weight excluding hydrogens is 142 g/mol. The normalized spacial score (nSPS) is 9.64. The Morgan fingerprint density at radius 1 is 1.45 bits per heavy atom. The second kappa shape index (κ2) is 3.88. The van der Waals surface area contributed by atoms with Gasteiger partial charge in [-0.05, 0) is 13.0 Å². The number of aromatic nitrogens is 2. The van der Waals surface area contributed by atoms with Gasteiger partial charge in [-0.15, -0.1) is 5.10 Å². The molecule has 0 amide bonds. The van der Waals surface area contributed by atoms with Crippen LogP contribution in [-0.2, 0) is 0 Å². The number of rotatable bonds is 3. The van der Waals surface area contributed by atoms with E-state index < -0.39 is 0 Å². The van der Waals surface area contributed by atoms with E-state index in [0.717, 1.165) is 5.69 Å². The van der Waals surface area contributed by atoms with E-state index >= 15 is 0 Å². The Kier molecular flexibility index (Phi) is 2.80. The van der Waals surface area contributed by atoms with Crippen LogP contribution in [0.3, 0.4) is 0 Å². The van der Waals surface area contributed by atoms with Crippen LogP contribution in [0.25, 0.3) is 0 Å². The number of aryl methyl sites for hydroxylation is 1. The van der Waals surface area contributed by atoms with E-state index in [1.807, 2.05) is 13.0 Å². The van der Waals surface area contributed by atoms with E-state index in [1.165, 1.54) is 0 Å². The van der Waals surface area contributed by atoms with E-state index in [1.54, 1.807) is 6.07 Å². The summed E-state index contributed by atoms with van der Waals surface area (Å²) < 4.78 is 5.11. The van der Waals surface area contributed by atoms with Crippen LogP contribution in [0.4, 0.5) is 0 Å². The van der Waals surface area contributed by atoms with Crippen molar-refractivity contribution >= 4 is 0 Å². The first-order chi connectivity index (χ1) is 5.33. The van der Waals surface area contributed by atoms with Crippen molar-refractivity contribution in [3.63, 3.8) is 0 Å². The SMILES string of the molecule is Cc1ccc(OCCN)nn1. The number of hydrogen-bond donors (Lipinski definition) is 1. The third-order valence-electron chi connectivity index (χ3n) is 1.14. The van der Waals surface area contributed by atoms with Crippen LogP contribution in [0.2, 0.25) is 0 Å². The highest BCUT2D eigenvalue weighted by Crippen LogP contribution is 2.02. The van der Waals surface area contributed by atoms with Gasteiger partial charge >= 0.3 is 0 Å². The van der Waals surface area contributed by atoms with Gasteiger partial charge in [-0.25, -0.2) is 0 Å². The predicted octanol–water partition coefficient (Wildman–Crippen LogP) is 0.123. The molecule has 2 N–H and O–H groups in total. The Labute approximate surface area is 65.4 Å². The summed E-state index contributed by atoms with van der Waals surface area (Å²) in [6.45, 7) is 2.85. The van der Waals surface area contributed by atoms with Crippen molar-refractivity contribution in [1.82, 2.24) is 10.2 Å². The average Bonchev–Trinajstić information content (AvgIpc) is 2.04. The van der Waals surface area contributed by atoms with Gasteiger partial charge in [0.1, 0.15) is 6.61 Å². The third kappa shape index (κ3) is 2.51. The number of hydrogen-bond acceptors (Lipinski definition) is 4. The fourth-order valence-electron chi connectivity index (χ4n) is 0.627. The van der Waals surface area contributed by atoms with Gasteiger partial charge in [-0.3, -0.25) is 0 Å². The topological polar surface area (TPSA) is 61.0 Å². The molecule has 0 saturated heterocycles. The second-order valence-electron chi connectivity index (χ2n) is 2.15. The van der Waals surface area contributed by atoms with Crippen molar-refractivity contribution < 1.29 is 4.74 Å².